The number of hydrogen-bond donors (Lipinski definition) is 3. The summed E-state index contributed by atoms with van der Waals surface area (Å²) in [5, 5.41) is 8.39. The molecule has 18 heavy (non-hydrogen) atoms. The third-order valence-corrected chi connectivity index (χ3v) is 4.06. The Bertz CT molecular complexity index is 544. The van der Waals surface area contributed by atoms with Gasteiger partial charge < -0.3 is 16.0 Å². The van der Waals surface area contributed by atoms with Gasteiger partial charge in [-0.15, -0.1) is 0 Å². The van der Waals surface area contributed by atoms with Crippen LogP contribution in [0.25, 0.3) is 0 Å². The average Bonchev–Trinajstić information content (AvgIpc) is 2.62. The standard InChI is InChI=1S/C11H18N4O2S/c1-15-5-4-9(7-15)14-8-2-3-11(10(12)6-8)18(13,16)17/h2-3,6,9,14H,4-5,7,12H2,1H3,(H2,13,16,17). The SMILES string of the molecule is CN1CCC(Nc2ccc(S(N)(=O)=O)c(N)c2)C1. The number of nitrogens with two attached hydrogens (primary N) is 2. The highest BCUT2D eigenvalue weighted by molar-refractivity contribution is 7.89. The molecule has 2 rings (SSSR count). The molecule has 7 heteroatoms. The number of sulfonamides is 1. The highest BCUT2D eigenvalue weighted by atomic mass is 32.2. The summed E-state index contributed by atoms with van der Waals surface area (Å²) >= 11 is 0. The summed E-state index contributed by atoms with van der Waals surface area (Å²) in [6.45, 7) is 2.03. The molecular formula is C11H18N4O2S. The number of likely N-dealkylation sites (tertiary alicyclic amines) is 1. The van der Waals surface area contributed by atoms with Gasteiger partial charge in [-0.05, 0) is 38.2 Å². The van der Waals surface area contributed by atoms with E-state index in [1.807, 2.05) is 0 Å². The number of nitrogens with zero attached hydrogens (tertiary/aromatic N) is 1. The van der Waals surface area contributed by atoms with Crippen LogP contribution in [-0.2, 0) is 10.0 Å². The van der Waals surface area contributed by atoms with Crippen molar-refractivity contribution < 1.29 is 8.42 Å². The average molecular weight is 270 g/mol. The summed E-state index contributed by atoms with van der Waals surface area (Å²) in [6, 6.07) is 5.10. The first-order chi connectivity index (χ1) is 8.36. The highest BCUT2D eigenvalue weighted by Gasteiger charge is 2.19. The van der Waals surface area contributed by atoms with Gasteiger partial charge in [-0.3, -0.25) is 0 Å². The molecule has 5 N–H and O–H groups in total. The lowest BCUT2D eigenvalue weighted by Gasteiger charge is -2.15. The van der Waals surface area contributed by atoms with E-state index in [0.29, 0.717) is 6.04 Å². The van der Waals surface area contributed by atoms with Crippen molar-refractivity contribution in [3.63, 3.8) is 0 Å². The molecule has 1 aromatic rings. The number of primary sulfonamides is 1. The van der Waals surface area contributed by atoms with Crippen molar-refractivity contribution in [3.8, 4) is 0 Å². The first-order valence-electron chi connectivity index (χ1n) is 5.73. The number of benzene rings is 1. The van der Waals surface area contributed by atoms with Crippen LogP contribution in [0.1, 0.15) is 6.42 Å². The first-order valence-corrected chi connectivity index (χ1v) is 7.28. The van der Waals surface area contributed by atoms with Gasteiger partial charge in [0.05, 0.1) is 5.69 Å². The van der Waals surface area contributed by atoms with Crippen LogP contribution in [0.4, 0.5) is 11.4 Å². The Balaban J connectivity index is 2.14. The summed E-state index contributed by atoms with van der Waals surface area (Å²) in [4.78, 5) is 2.20. The van der Waals surface area contributed by atoms with E-state index < -0.39 is 10.0 Å². The van der Waals surface area contributed by atoms with Crippen LogP contribution < -0.4 is 16.2 Å². The lowest BCUT2D eigenvalue weighted by atomic mass is 10.2. The molecule has 0 saturated carbocycles. The second kappa shape index (κ2) is 4.75. The van der Waals surface area contributed by atoms with Crippen LogP contribution in [0.2, 0.25) is 0 Å². The normalized spacial score (nSPS) is 21.1. The van der Waals surface area contributed by atoms with E-state index in [1.165, 1.54) is 6.07 Å². The molecule has 1 aliphatic rings. The molecule has 0 bridgehead atoms. The zero-order chi connectivity index (χ0) is 13.3. The first kappa shape index (κ1) is 13.1. The number of nitrogen functional groups attached to an aromatic ring is 1. The third kappa shape index (κ3) is 2.92. The molecule has 0 aromatic heterocycles. The fourth-order valence-electron chi connectivity index (χ4n) is 2.19. The Morgan fingerprint density at radius 3 is 2.67 bits per heavy atom. The molecule has 0 amide bonds. The molecule has 0 radical (unpaired) electrons. The van der Waals surface area contributed by atoms with E-state index in [-0.39, 0.29) is 10.6 Å². The van der Waals surface area contributed by atoms with E-state index in [9.17, 15) is 8.42 Å². The number of nitrogens with one attached hydrogen (secondary N) is 1. The summed E-state index contributed by atoms with van der Waals surface area (Å²) in [5.74, 6) is 0. The van der Waals surface area contributed by atoms with Crippen molar-refractivity contribution in [2.45, 2.75) is 17.4 Å². The van der Waals surface area contributed by atoms with Gasteiger partial charge in [0.1, 0.15) is 4.90 Å². The molecule has 1 fully saturated rings. The van der Waals surface area contributed by atoms with Gasteiger partial charge in [-0.2, -0.15) is 0 Å². The third-order valence-electron chi connectivity index (χ3n) is 3.08. The maximum Gasteiger partial charge on any atom is 0.240 e. The van der Waals surface area contributed by atoms with Gasteiger partial charge in [0.25, 0.3) is 0 Å². The van der Waals surface area contributed by atoms with Gasteiger partial charge in [0, 0.05) is 18.3 Å². The van der Waals surface area contributed by atoms with Crippen LogP contribution in [0.15, 0.2) is 23.1 Å². The Kier molecular flexibility index (Phi) is 3.47. The fraction of sp³-hybridized carbons (Fsp3) is 0.455. The molecular weight excluding hydrogens is 252 g/mol. The Labute approximate surface area is 107 Å². The van der Waals surface area contributed by atoms with Gasteiger partial charge in [-0.1, -0.05) is 0 Å². The summed E-state index contributed by atoms with van der Waals surface area (Å²) in [5.41, 5.74) is 6.69. The van der Waals surface area contributed by atoms with Crippen molar-refractivity contribution in [1.29, 1.82) is 0 Å². The molecule has 1 aliphatic heterocycles. The number of likely N-dealkylation sites (N-methyl/N-ethyl adjacent to an activating group) is 1. The number of anilines is 2. The predicted octanol–water partition coefficient (Wildman–Crippen LogP) is 0.0322. The lowest BCUT2D eigenvalue weighted by molar-refractivity contribution is 0.414. The highest BCUT2D eigenvalue weighted by Crippen LogP contribution is 2.23. The van der Waals surface area contributed by atoms with E-state index in [1.54, 1.807) is 12.1 Å². The molecule has 1 unspecified atom stereocenters. The Hall–Kier alpha value is -1.31. The molecule has 1 aromatic carbocycles. The molecule has 6 nitrogen and oxygen atoms in total. The zero-order valence-electron chi connectivity index (χ0n) is 10.3. The van der Waals surface area contributed by atoms with E-state index in [0.717, 1.165) is 25.2 Å². The maximum atomic E-state index is 11.2. The van der Waals surface area contributed by atoms with Gasteiger partial charge in [0.2, 0.25) is 10.0 Å². The molecule has 1 heterocycles. The van der Waals surface area contributed by atoms with E-state index >= 15 is 0 Å². The zero-order valence-corrected chi connectivity index (χ0v) is 11.1. The topological polar surface area (TPSA) is 101 Å². The van der Waals surface area contributed by atoms with Crippen molar-refractivity contribution in [3.05, 3.63) is 18.2 Å². The van der Waals surface area contributed by atoms with Crippen LogP contribution in [0.3, 0.4) is 0 Å². The number of rotatable bonds is 3. The van der Waals surface area contributed by atoms with Crippen molar-refractivity contribution in [1.82, 2.24) is 4.90 Å². The second-order valence-electron chi connectivity index (χ2n) is 4.69. The minimum Gasteiger partial charge on any atom is -0.398 e. The largest absolute Gasteiger partial charge is 0.398 e. The maximum absolute atomic E-state index is 11.2. The Morgan fingerprint density at radius 2 is 2.17 bits per heavy atom. The van der Waals surface area contributed by atoms with Crippen LogP contribution >= 0.6 is 0 Å². The van der Waals surface area contributed by atoms with E-state index in [4.69, 9.17) is 10.9 Å². The molecule has 0 aliphatic carbocycles. The van der Waals surface area contributed by atoms with Crippen LogP contribution in [-0.4, -0.2) is 39.5 Å². The molecule has 1 atom stereocenters. The lowest BCUT2D eigenvalue weighted by Crippen LogP contribution is -2.23. The second-order valence-corrected chi connectivity index (χ2v) is 6.22. The molecule has 1 saturated heterocycles. The monoisotopic (exact) mass is 270 g/mol. The summed E-state index contributed by atoms with van der Waals surface area (Å²) < 4.78 is 22.4. The quantitative estimate of drug-likeness (QED) is 0.673. The van der Waals surface area contributed by atoms with Crippen LogP contribution in [0.5, 0.6) is 0 Å². The Morgan fingerprint density at radius 1 is 1.44 bits per heavy atom. The van der Waals surface area contributed by atoms with Crippen LogP contribution in [0, 0.1) is 0 Å². The molecule has 0 spiro atoms. The summed E-state index contributed by atoms with van der Waals surface area (Å²) in [6.07, 6.45) is 1.06. The fourth-order valence-corrected chi connectivity index (χ4v) is 2.83. The minimum atomic E-state index is -3.75. The predicted molar refractivity (Wildman–Crippen MR) is 71.8 cm³/mol. The summed E-state index contributed by atoms with van der Waals surface area (Å²) in [7, 11) is -1.68. The minimum absolute atomic E-state index is 0.0309. The van der Waals surface area contributed by atoms with Crippen molar-refractivity contribution in [2.24, 2.45) is 5.14 Å². The number of hydrogen-bond acceptors (Lipinski definition) is 5. The van der Waals surface area contributed by atoms with Gasteiger partial charge in [0.15, 0.2) is 0 Å². The van der Waals surface area contributed by atoms with Gasteiger partial charge >= 0.3 is 0 Å². The smallest absolute Gasteiger partial charge is 0.240 e. The molecule has 100 valence electrons. The van der Waals surface area contributed by atoms with Gasteiger partial charge in [-0.25, -0.2) is 13.6 Å². The van der Waals surface area contributed by atoms with Crippen molar-refractivity contribution in [2.75, 3.05) is 31.2 Å². The van der Waals surface area contributed by atoms with E-state index in [2.05, 4.69) is 17.3 Å². The van der Waals surface area contributed by atoms with Crippen molar-refractivity contribution >= 4 is 21.4 Å².